The Morgan fingerprint density at radius 1 is 0.679 bits per heavy atom. The van der Waals surface area contributed by atoms with Gasteiger partial charge in [-0.1, -0.05) is 83.4 Å². The van der Waals surface area contributed by atoms with Crippen LogP contribution >= 0.6 is 0 Å². The summed E-state index contributed by atoms with van der Waals surface area (Å²) >= 11 is 0. The van der Waals surface area contributed by atoms with E-state index in [9.17, 15) is 0 Å². The van der Waals surface area contributed by atoms with Crippen molar-refractivity contribution in [1.29, 1.82) is 0 Å². The number of aryl methyl sites for hydroxylation is 1. The number of rotatable bonds is 14. The molecule has 0 spiro atoms. The predicted molar refractivity (Wildman–Crippen MR) is 119 cm³/mol. The standard InChI is InChI=1S/C25H36N2O/c1-3-5-6-7-8-9-10-11-15-20-28-25-19-18-24(21-22(25)4-2)27-26-23-16-13-12-14-17-23/h12-14,16-19,21H,3-11,15,20H2,1-2H3/b27-26+. The number of nitrogens with zero attached hydrogens (tertiary/aromatic N) is 2. The minimum atomic E-state index is 0.799. The molecule has 0 unspecified atom stereocenters. The average Bonchev–Trinajstić information content (AvgIpc) is 2.74. The maximum atomic E-state index is 6.03. The molecule has 0 aromatic heterocycles. The molecule has 0 saturated carbocycles. The zero-order valence-corrected chi connectivity index (χ0v) is 17.7. The average molecular weight is 381 g/mol. The maximum Gasteiger partial charge on any atom is 0.122 e. The third-order valence-electron chi connectivity index (χ3n) is 4.97. The lowest BCUT2D eigenvalue weighted by Gasteiger charge is -2.11. The molecule has 0 aliphatic carbocycles. The highest BCUT2D eigenvalue weighted by Gasteiger charge is 2.04. The molecule has 2 rings (SSSR count). The van der Waals surface area contributed by atoms with Gasteiger partial charge in [-0.3, -0.25) is 0 Å². The second-order valence-corrected chi connectivity index (χ2v) is 7.36. The summed E-state index contributed by atoms with van der Waals surface area (Å²) in [5.74, 6) is 0.987. The highest BCUT2D eigenvalue weighted by atomic mass is 16.5. The largest absolute Gasteiger partial charge is 0.493 e. The molecule has 0 saturated heterocycles. The summed E-state index contributed by atoms with van der Waals surface area (Å²) in [6.45, 7) is 5.22. The van der Waals surface area contributed by atoms with Crippen molar-refractivity contribution in [2.24, 2.45) is 10.2 Å². The van der Waals surface area contributed by atoms with Gasteiger partial charge in [0.15, 0.2) is 0 Å². The predicted octanol–water partition coefficient (Wildman–Crippen LogP) is 8.57. The van der Waals surface area contributed by atoms with Gasteiger partial charge in [0.25, 0.3) is 0 Å². The number of azo groups is 1. The van der Waals surface area contributed by atoms with Gasteiger partial charge in [0.2, 0.25) is 0 Å². The van der Waals surface area contributed by atoms with Crippen molar-refractivity contribution in [3.8, 4) is 5.75 Å². The van der Waals surface area contributed by atoms with Crippen molar-refractivity contribution >= 4 is 11.4 Å². The first kappa shape index (κ1) is 22.1. The van der Waals surface area contributed by atoms with Gasteiger partial charge in [0, 0.05) is 0 Å². The molecule has 3 heteroatoms. The van der Waals surface area contributed by atoms with Crippen molar-refractivity contribution in [1.82, 2.24) is 0 Å². The van der Waals surface area contributed by atoms with Gasteiger partial charge in [0.05, 0.1) is 18.0 Å². The molecule has 3 nitrogen and oxygen atoms in total. The summed E-state index contributed by atoms with van der Waals surface area (Å²) in [5.41, 5.74) is 2.93. The van der Waals surface area contributed by atoms with Crippen LogP contribution in [0.1, 0.15) is 77.2 Å². The molecule has 2 aromatic carbocycles. The molecular formula is C25H36N2O. The zero-order valence-electron chi connectivity index (χ0n) is 17.7. The van der Waals surface area contributed by atoms with Gasteiger partial charge in [-0.15, -0.1) is 0 Å². The molecule has 28 heavy (non-hydrogen) atoms. The van der Waals surface area contributed by atoms with E-state index in [1.54, 1.807) is 0 Å². The molecule has 0 bridgehead atoms. The quantitative estimate of drug-likeness (QED) is 0.239. The van der Waals surface area contributed by atoms with Crippen LogP contribution in [0.4, 0.5) is 11.4 Å². The van der Waals surface area contributed by atoms with Crippen LogP contribution in [0.15, 0.2) is 58.8 Å². The second kappa shape index (κ2) is 13.9. The molecule has 0 radical (unpaired) electrons. The highest BCUT2D eigenvalue weighted by Crippen LogP contribution is 2.27. The van der Waals surface area contributed by atoms with E-state index in [0.29, 0.717) is 0 Å². The Hall–Kier alpha value is -2.16. The van der Waals surface area contributed by atoms with Gasteiger partial charge in [-0.25, -0.2) is 0 Å². The molecule has 0 aliphatic rings. The van der Waals surface area contributed by atoms with Crippen molar-refractivity contribution in [3.05, 3.63) is 54.1 Å². The Kier molecular flexibility index (Phi) is 11.0. The maximum absolute atomic E-state index is 6.03. The fourth-order valence-electron chi connectivity index (χ4n) is 3.25. The summed E-state index contributed by atoms with van der Waals surface area (Å²) < 4.78 is 6.03. The lowest BCUT2D eigenvalue weighted by molar-refractivity contribution is 0.301. The van der Waals surface area contributed by atoms with Crippen LogP contribution < -0.4 is 4.74 Å². The lowest BCUT2D eigenvalue weighted by Crippen LogP contribution is -2.00. The molecule has 0 atom stereocenters. The van der Waals surface area contributed by atoms with Gasteiger partial charge < -0.3 is 4.74 Å². The van der Waals surface area contributed by atoms with Crippen LogP contribution in [-0.4, -0.2) is 6.61 Å². The Morgan fingerprint density at radius 2 is 1.32 bits per heavy atom. The fraction of sp³-hybridized carbons (Fsp3) is 0.520. The number of unbranched alkanes of at least 4 members (excludes halogenated alkanes) is 8. The fourth-order valence-corrected chi connectivity index (χ4v) is 3.25. The van der Waals surface area contributed by atoms with Crippen molar-refractivity contribution in [2.75, 3.05) is 6.61 Å². The van der Waals surface area contributed by atoms with Crippen LogP contribution in [0.2, 0.25) is 0 Å². The summed E-state index contributed by atoms with van der Waals surface area (Å²) in [7, 11) is 0. The van der Waals surface area contributed by atoms with E-state index in [-0.39, 0.29) is 0 Å². The van der Waals surface area contributed by atoms with Gasteiger partial charge in [-0.05, 0) is 48.7 Å². The third kappa shape index (κ3) is 8.69. The normalized spacial score (nSPS) is 11.2. The first-order valence-electron chi connectivity index (χ1n) is 11.1. The van der Waals surface area contributed by atoms with Crippen LogP contribution in [0.5, 0.6) is 5.75 Å². The summed E-state index contributed by atoms with van der Waals surface area (Å²) in [6.07, 6.45) is 12.9. The molecule has 0 heterocycles. The van der Waals surface area contributed by atoms with E-state index in [4.69, 9.17) is 4.74 Å². The number of ether oxygens (including phenoxy) is 1. The van der Waals surface area contributed by atoms with Crippen LogP contribution in [-0.2, 0) is 6.42 Å². The SMILES string of the molecule is CCCCCCCCCCCOc1ccc(/N=N/c2ccccc2)cc1CC. The molecule has 0 fully saturated rings. The number of benzene rings is 2. The Balaban J connectivity index is 1.70. The minimum absolute atomic E-state index is 0.799. The van der Waals surface area contributed by atoms with Crippen LogP contribution in [0.3, 0.4) is 0 Å². The van der Waals surface area contributed by atoms with Crippen LogP contribution in [0.25, 0.3) is 0 Å². The first-order chi connectivity index (χ1) is 13.8. The molecule has 0 aliphatic heterocycles. The Morgan fingerprint density at radius 3 is 2.00 bits per heavy atom. The van der Waals surface area contributed by atoms with Crippen molar-refractivity contribution < 1.29 is 4.74 Å². The van der Waals surface area contributed by atoms with Crippen molar-refractivity contribution in [2.45, 2.75) is 78.1 Å². The molecular weight excluding hydrogens is 344 g/mol. The van der Waals surface area contributed by atoms with E-state index in [1.807, 2.05) is 42.5 Å². The monoisotopic (exact) mass is 380 g/mol. The zero-order chi connectivity index (χ0) is 19.9. The summed E-state index contributed by atoms with van der Waals surface area (Å²) in [6, 6.07) is 15.9. The topological polar surface area (TPSA) is 34.0 Å². The third-order valence-corrected chi connectivity index (χ3v) is 4.97. The second-order valence-electron chi connectivity index (χ2n) is 7.36. The van der Waals surface area contributed by atoms with Gasteiger partial charge >= 0.3 is 0 Å². The van der Waals surface area contributed by atoms with Crippen LogP contribution in [0, 0.1) is 0 Å². The molecule has 2 aromatic rings. The molecule has 152 valence electrons. The van der Waals surface area contributed by atoms with E-state index in [0.717, 1.165) is 36.6 Å². The first-order valence-corrected chi connectivity index (χ1v) is 11.1. The van der Waals surface area contributed by atoms with Gasteiger partial charge in [-0.2, -0.15) is 10.2 Å². The van der Waals surface area contributed by atoms with Gasteiger partial charge in [0.1, 0.15) is 5.75 Å². The van der Waals surface area contributed by atoms with E-state index in [1.165, 1.54) is 56.9 Å². The number of hydrogen-bond donors (Lipinski definition) is 0. The van der Waals surface area contributed by atoms with E-state index < -0.39 is 0 Å². The number of hydrogen-bond acceptors (Lipinski definition) is 3. The van der Waals surface area contributed by atoms with Crippen molar-refractivity contribution in [3.63, 3.8) is 0 Å². The molecule has 0 N–H and O–H groups in total. The minimum Gasteiger partial charge on any atom is -0.493 e. The molecule has 0 amide bonds. The smallest absolute Gasteiger partial charge is 0.122 e. The Bertz CT molecular complexity index is 682. The van der Waals surface area contributed by atoms with E-state index in [2.05, 4.69) is 30.1 Å². The van der Waals surface area contributed by atoms with E-state index >= 15 is 0 Å². The highest BCUT2D eigenvalue weighted by molar-refractivity contribution is 5.48. The summed E-state index contributed by atoms with van der Waals surface area (Å²) in [5, 5.41) is 8.65. The lowest BCUT2D eigenvalue weighted by atomic mass is 10.1. The Labute approximate surface area is 171 Å². The summed E-state index contributed by atoms with van der Waals surface area (Å²) in [4.78, 5) is 0.